The lowest BCUT2D eigenvalue weighted by atomic mass is 10.0. The molecular weight excluding hydrogens is 264 g/mol. The fourth-order valence-corrected chi connectivity index (χ4v) is 2.15. The minimum Gasteiger partial charge on any atom is -0.324 e. The molecule has 110 valence electrons. The van der Waals surface area contributed by atoms with Gasteiger partial charge in [-0.25, -0.2) is 0 Å². The van der Waals surface area contributed by atoms with Crippen LogP contribution in [0.5, 0.6) is 0 Å². The van der Waals surface area contributed by atoms with E-state index in [0.717, 1.165) is 11.3 Å². The van der Waals surface area contributed by atoms with Crippen LogP contribution in [0.1, 0.15) is 27.2 Å². The Morgan fingerprint density at radius 1 is 1.24 bits per heavy atom. The molecule has 0 spiro atoms. The van der Waals surface area contributed by atoms with E-state index >= 15 is 0 Å². The number of anilines is 1. The zero-order chi connectivity index (χ0) is 15.5. The van der Waals surface area contributed by atoms with Crippen LogP contribution in [0, 0.1) is 0 Å². The van der Waals surface area contributed by atoms with Crippen LogP contribution in [0.4, 0.5) is 5.69 Å². The number of allylic oxidation sites excluding steroid dienone is 2. The van der Waals surface area contributed by atoms with Crippen molar-refractivity contribution in [3.05, 3.63) is 54.3 Å². The van der Waals surface area contributed by atoms with Gasteiger partial charge in [-0.15, -0.1) is 0 Å². The summed E-state index contributed by atoms with van der Waals surface area (Å²) in [6, 6.07) is 9.24. The van der Waals surface area contributed by atoms with Gasteiger partial charge >= 0.3 is 0 Å². The fraction of sp³-hybridized carbons (Fsp3) is 0.294. The van der Waals surface area contributed by atoms with Gasteiger partial charge in [0.15, 0.2) is 0 Å². The maximum absolute atomic E-state index is 12.5. The Morgan fingerprint density at radius 3 is 2.57 bits per heavy atom. The highest BCUT2D eigenvalue weighted by molar-refractivity contribution is 6.00. The Morgan fingerprint density at radius 2 is 1.90 bits per heavy atom. The van der Waals surface area contributed by atoms with Crippen molar-refractivity contribution in [2.75, 3.05) is 5.32 Å². The van der Waals surface area contributed by atoms with Gasteiger partial charge in [0.1, 0.15) is 5.54 Å². The molecular formula is C17H20N2O2. The van der Waals surface area contributed by atoms with Crippen LogP contribution in [0.2, 0.25) is 0 Å². The Labute approximate surface area is 125 Å². The van der Waals surface area contributed by atoms with Crippen molar-refractivity contribution in [1.29, 1.82) is 0 Å². The molecule has 1 aliphatic rings. The average Bonchev–Trinajstić information content (AvgIpc) is 2.61. The van der Waals surface area contributed by atoms with Crippen LogP contribution in [-0.4, -0.2) is 22.3 Å². The zero-order valence-electron chi connectivity index (χ0n) is 12.6. The summed E-state index contributed by atoms with van der Waals surface area (Å²) in [7, 11) is 0. The van der Waals surface area contributed by atoms with E-state index in [9.17, 15) is 9.59 Å². The molecule has 0 saturated carbocycles. The van der Waals surface area contributed by atoms with Crippen LogP contribution in [-0.2, 0) is 9.59 Å². The largest absolute Gasteiger partial charge is 0.324 e. The molecule has 4 nitrogen and oxygen atoms in total. The topological polar surface area (TPSA) is 49.4 Å². The second-order valence-corrected chi connectivity index (χ2v) is 5.62. The monoisotopic (exact) mass is 284 g/mol. The Hall–Kier alpha value is -2.36. The quantitative estimate of drug-likeness (QED) is 0.927. The normalized spacial score (nSPS) is 15.5. The first-order valence-corrected chi connectivity index (χ1v) is 6.95. The predicted octanol–water partition coefficient (Wildman–Crippen LogP) is 3.10. The van der Waals surface area contributed by atoms with Gasteiger partial charge in [0, 0.05) is 18.3 Å². The van der Waals surface area contributed by atoms with Crippen molar-refractivity contribution >= 4 is 17.5 Å². The smallest absolute Gasteiger partial charge is 0.250 e. The highest BCUT2D eigenvalue weighted by atomic mass is 16.2. The summed E-state index contributed by atoms with van der Waals surface area (Å²) in [4.78, 5) is 26.3. The van der Waals surface area contributed by atoms with Crippen LogP contribution >= 0.6 is 0 Å². The Balaban J connectivity index is 2.22. The Kier molecular flexibility index (Phi) is 4.26. The highest BCUT2D eigenvalue weighted by Gasteiger charge is 2.37. The number of para-hydroxylation sites is 1. The number of hydrogen-bond donors (Lipinski definition) is 1. The summed E-state index contributed by atoms with van der Waals surface area (Å²) in [5.41, 5.74) is 0.707. The van der Waals surface area contributed by atoms with Gasteiger partial charge in [0.05, 0.1) is 0 Å². The third-order valence-electron chi connectivity index (χ3n) is 3.46. The third kappa shape index (κ3) is 3.40. The molecule has 4 heteroatoms. The van der Waals surface area contributed by atoms with Gasteiger partial charge in [-0.05, 0) is 38.5 Å². The molecule has 1 aliphatic heterocycles. The van der Waals surface area contributed by atoms with Gasteiger partial charge in [0.25, 0.3) is 0 Å². The number of rotatable bonds is 3. The van der Waals surface area contributed by atoms with E-state index < -0.39 is 5.54 Å². The second kappa shape index (κ2) is 5.95. The van der Waals surface area contributed by atoms with Crippen molar-refractivity contribution in [1.82, 2.24) is 4.90 Å². The maximum Gasteiger partial charge on any atom is 0.250 e. The molecule has 0 aromatic heterocycles. The molecule has 0 aliphatic carbocycles. The van der Waals surface area contributed by atoms with Crippen molar-refractivity contribution < 1.29 is 9.59 Å². The van der Waals surface area contributed by atoms with E-state index in [1.807, 2.05) is 49.4 Å². The van der Waals surface area contributed by atoms with Gasteiger partial charge in [-0.3, -0.25) is 9.59 Å². The Bertz CT molecular complexity index is 600. The lowest BCUT2D eigenvalue weighted by Crippen LogP contribution is -2.52. The second-order valence-electron chi connectivity index (χ2n) is 5.62. The SMILES string of the molecule is CC1=CN(C(C)(C)C(=O)Nc2ccccc2)C(=O)CC=C1. The molecule has 0 unspecified atom stereocenters. The number of hydrogen-bond acceptors (Lipinski definition) is 2. The van der Waals surface area contributed by atoms with E-state index in [1.54, 1.807) is 20.0 Å². The fourth-order valence-electron chi connectivity index (χ4n) is 2.15. The van der Waals surface area contributed by atoms with Crippen molar-refractivity contribution in [2.45, 2.75) is 32.7 Å². The predicted molar refractivity (Wildman–Crippen MR) is 83.5 cm³/mol. The average molecular weight is 284 g/mol. The number of nitrogens with one attached hydrogen (secondary N) is 1. The molecule has 0 atom stereocenters. The summed E-state index contributed by atoms with van der Waals surface area (Å²) >= 11 is 0. The maximum atomic E-state index is 12.5. The van der Waals surface area contributed by atoms with E-state index in [-0.39, 0.29) is 11.8 Å². The molecule has 0 fully saturated rings. The molecule has 0 radical (unpaired) electrons. The highest BCUT2D eigenvalue weighted by Crippen LogP contribution is 2.22. The first kappa shape index (κ1) is 15.0. The number of nitrogens with zero attached hydrogens (tertiary/aromatic N) is 1. The number of carbonyl (C=O) groups is 2. The van der Waals surface area contributed by atoms with E-state index in [1.165, 1.54) is 4.90 Å². The van der Waals surface area contributed by atoms with Gasteiger partial charge in [0.2, 0.25) is 11.8 Å². The first-order chi connectivity index (χ1) is 9.91. The number of amides is 2. The van der Waals surface area contributed by atoms with Crippen LogP contribution in [0.3, 0.4) is 0 Å². The molecule has 1 aromatic rings. The number of benzene rings is 1. The van der Waals surface area contributed by atoms with Crippen molar-refractivity contribution in [3.63, 3.8) is 0 Å². The van der Waals surface area contributed by atoms with Crippen molar-refractivity contribution in [2.24, 2.45) is 0 Å². The minimum atomic E-state index is -0.958. The lowest BCUT2D eigenvalue weighted by Gasteiger charge is -2.34. The van der Waals surface area contributed by atoms with Crippen molar-refractivity contribution in [3.8, 4) is 0 Å². The molecule has 0 bridgehead atoms. The van der Waals surface area contributed by atoms with Crippen LogP contribution in [0.15, 0.2) is 54.3 Å². The van der Waals surface area contributed by atoms with E-state index in [0.29, 0.717) is 6.42 Å². The van der Waals surface area contributed by atoms with Crippen LogP contribution < -0.4 is 5.32 Å². The standard InChI is InChI=1S/C17H20N2O2/c1-13-8-7-11-15(20)19(12-13)17(2,3)16(21)18-14-9-5-4-6-10-14/h4-10,12H,11H2,1-3H3,(H,18,21). The summed E-state index contributed by atoms with van der Waals surface area (Å²) in [6.45, 7) is 5.41. The van der Waals surface area contributed by atoms with Gasteiger partial charge in [-0.2, -0.15) is 0 Å². The number of carbonyl (C=O) groups excluding carboxylic acids is 2. The summed E-state index contributed by atoms with van der Waals surface area (Å²) in [6.07, 6.45) is 5.74. The summed E-state index contributed by atoms with van der Waals surface area (Å²) < 4.78 is 0. The minimum absolute atomic E-state index is 0.0867. The molecule has 1 N–H and O–H groups in total. The molecule has 2 rings (SSSR count). The molecule has 1 aromatic carbocycles. The molecule has 2 amide bonds. The zero-order valence-corrected chi connectivity index (χ0v) is 12.6. The molecule has 0 saturated heterocycles. The van der Waals surface area contributed by atoms with E-state index in [2.05, 4.69) is 5.32 Å². The summed E-state index contributed by atoms with van der Waals surface area (Å²) in [5.74, 6) is -0.302. The summed E-state index contributed by atoms with van der Waals surface area (Å²) in [5, 5.41) is 2.85. The third-order valence-corrected chi connectivity index (χ3v) is 3.46. The molecule has 21 heavy (non-hydrogen) atoms. The van der Waals surface area contributed by atoms with Gasteiger partial charge in [-0.1, -0.05) is 30.4 Å². The first-order valence-electron chi connectivity index (χ1n) is 6.95. The van der Waals surface area contributed by atoms with E-state index in [4.69, 9.17) is 0 Å². The van der Waals surface area contributed by atoms with Crippen LogP contribution in [0.25, 0.3) is 0 Å². The molecule has 1 heterocycles. The van der Waals surface area contributed by atoms with Gasteiger partial charge < -0.3 is 10.2 Å². The lowest BCUT2D eigenvalue weighted by molar-refractivity contribution is -0.139.